The third kappa shape index (κ3) is 4.78. The molecular formula is C17H15Cl3N2O3. The topological polar surface area (TPSA) is 59.9 Å². The molecule has 0 aliphatic rings. The molecule has 0 spiro atoms. The van der Waals surface area contributed by atoms with Crippen LogP contribution in [-0.2, 0) is 16.2 Å². The second-order valence-electron chi connectivity index (χ2n) is 4.85. The summed E-state index contributed by atoms with van der Waals surface area (Å²) in [7, 11) is 2.88. The van der Waals surface area contributed by atoms with Crippen molar-refractivity contribution in [3.05, 3.63) is 62.6 Å². The third-order valence-electron chi connectivity index (χ3n) is 3.23. The number of halogens is 3. The molecule has 25 heavy (non-hydrogen) atoms. The molecule has 0 saturated carbocycles. The zero-order valence-electron chi connectivity index (χ0n) is 13.5. The molecule has 0 bridgehead atoms. The zero-order chi connectivity index (χ0) is 18.4. The lowest BCUT2D eigenvalue weighted by Crippen LogP contribution is -2.29. The lowest BCUT2D eigenvalue weighted by Gasteiger charge is -2.14. The Bertz CT molecular complexity index is 786. The van der Waals surface area contributed by atoms with Crippen molar-refractivity contribution in [1.82, 2.24) is 5.32 Å². The summed E-state index contributed by atoms with van der Waals surface area (Å²) < 4.78 is 5.74. The van der Waals surface area contributed by atoms with Gasteiger partial charge in [0.1, 0.15) is 13.7 Å². The van der Waals surface area contributed by atoms with Crippen LogP contribution in [0.15, 0.2) is 41.6 Å². The smallest absolute Gasteiger partial charge is 0.273 e. The monoisotopic (exact) mass is 400 g/mol. The first-order chi connectivity index (χ1) is 12.0. The zero-order valence-corrected chi connectivity index (χ0v) is 15.7. The number of nitrogens with zero attached hydrogens (tertiary/aromatic N) is 1. The van der Waals surface area contributed by atoms with E-state index in [1.54, 1.807) is 30.3 Å². The molecule has 0 atom stereocenters. The molecule has 0 heterocycles. The first-order valence-corrected chi connectivity index (χ1v) is 8.30. The quantitative estimate of drug-likeness (QED) is 0.579. The van der Waals surface area contributed by atoms with Gasteiger partial charge in [-0.05, 0) is 17.7 Å². The summed E-state index contributed by atoms with van der Waals surface area (Å²) in [6, 6.07) is 10.2. The van der Waals surface area contributed by atoms with E-state index >= 15 is 0 Å². The van der Waals surface area contributed by atoms with E-state index in [0.29, 0.717) is 31.9 Å². The molecule has 0 fully saturated rings. The molecule has 0 aromatic heterocycles. The van der Waals surface area contributed by atoms with Crippen LogP contribution < -0.4 is 10.1 Å². The number of nitrogens with one attached hydrogen (secondary N) is 1. The van der Waals surface area contributed by atoms with E-state index in [1.807, 2.05) is 6.07 Å². The number of hydrogen-bond donors (Lipinski definition) is 1. The van der Waals surface area contributed by atoms with Gasteiger partial charge in [-0.15, -0.1) is 0 Å². The Hall–Kier alpha value is -1.95. The number of ether oxygens (including phenoxy) is 1. The van der Waals surface area contributed by atoms with E-state index < -0.39 is 0 Å². The van der Waals surface area contributed by atoms with E-state index in [0.717, 1.165) is 0 Å². The van der Waals surface area contributed by atoms with Crippen molar-refractivity contribution in [2.45, 2.75) is 6.61 Å². The Morgan fingerprint density at radius 3 is 2.40 bits per heavy atom. The minimum absolute atomic E-state index is 0.122. The van der Waals surface area contributed by atoms with Crippen molar-refractivity contribution < 1.29 is 14.4 Å². The molecular weight excluding hydrogens is 387 g/mol. The van der Waals surface area contributed by atoms with Gasteiger partial charge in [0.15, 0.2) is 11.5 Å². The van der Waals surface area contributed by atoms with Gasteiger partial charge in [0, 0.05) is 17.6 Å². The normalized spacial score (nSPS) is 11.2. The lowest BCUT2D eigenvalue weighted by atomic mass is 10.0. The Morgan fingerprint density at radius 1 is 1.16 bits per heavy atom. The van der Waals surface area contributed by atoms with Crippen molar-refractivity contribution in [1.29, 1.82) is 0 Å². The van der Waals surface area contributed by atoms with E-state index in [2.05, 4.69) is 10.5 Å². The summed E-state index contributed by atoms with van der Waals surface area (Å²) in [5, 5.41) is 7.34. The average molecular weight is 402 g/mol. The molecule has 0 radical (unpaired) electrons. The summed E-state index contributed by atoms with van der Waals surface area (Å²) in [6.07, 6.45) is 0. The summed E-state index contributed by atoms with van der Waals surface area (Å²) in [5.74, 6) is -0.0652. The van der Waals surface area contributed by atoms with Crippen LogP contribution in [-0.4, -0.2) is 25.8 Å². The maximum Gasteiger partial charge on any atom is 0.273 e. The van der Waals surface area contributed by atoms with Crippen LogP contribution >= 0.6 is 34.8 Å². The van der Waals surface area contributed by atoms with Crippen LogP contribution in [0.4, 0.5) is 0 Å². The van der Waals surface area contributed by atoms with Crippen LogP contribution in [0.5, 0.6) is 5.75 Å². The summed E-state index contributed by atoms with van der Waals surface area (Å²) >= 11 is 18.1. The molecule has 5 nitrogen and oxygen atoms in total. The highest BCUT2D eigenvalue weighted by Gasteiger charge is 2.18. The van der Waals surface area contributed by atoms with Crippen LogP contribution in [0.1, 0.15) is 11.1 Å². The van der Waals surface area contributed by atoms with Crippen molar-refractivity contribution in [3.63, 3.8) is 0 Å². The predicted octanol–water partition coefficient (Wildman–Crippen LogP) is 4.32. The minimum atomic E-state index is -0.378. The van der Waals surface area contributed by atoms with Crippen LogP contribution in [0.3, 0.4) is 0 Å². The summed E-state index contributed by atoms with van der Waals surface area (Å²) in [4.78, 5) is 16.8. The predicted molar refractivity (Wildman–Crippen MR) is 99.9 cm³/mol. The van der Waals surface area contributed by atoms with Crippen molar-refractivity contribution >= 4 is 46.4 Å². The second-order valence-corrected chi connectivity index (χ2v) is 6.10. The number of benzene rings is 2. The Kier molecular flexibility index (Phi) is 6.93. The van der Waals surface area contributed by atoms with Gasteiger partial charge in [0.05, 0.1) is 10.0 Å². The van der Waals surface area contributed by atoms with Gasteiger partial charge in [0.25, 0.3) is 5.91 Å². The van der Waals surface area contributed by atoms with E-state index in [9.17, 15) is 4.79 Å². The molecule has 8 heteroatoms. The molecule has 1 N–H and O–H groups in total. The average Bonchev–Trinajstić information content (AvgIpc) is 2.58. The fourth-order valence-corrected chi connectivity index (χ4v) is 3.04. The molecule has 1 amide bonds. The maximum atomic E-state index is 12.1. The van der Waals surface area contributed by atoms with Gasteiger partial charge in [0.2, 0.25) is 0 Å². The first-order valence-electron chi connectivity index (χ1n) is 7.16. The largest absolute Gasteiger partial charge is 0.486 e. The summed E-state index contributed by atoms with van der Waals surface area (Å²) in [5.41, 5.74) is 1.42. The van der Waals surface area contributed by atoms with Gasteiger partial charge < -0.3 is 14.9 Å². The Labute approximate surface area is 160 Å². The number of hydrogen-bond acceptors (Lipinski definition) is 4. The van der Waals surface area contributed by atoms with Crippen LogP contribution in [0.25, 0.3) is 0 Å². The van der Waals surface area contributed by atoms with E-state index in [-0.39, 0.29) is 18.2 Å². The number of carbonyl (C=O) groups excluding carboxylic acids is 1. The lowest BCUT2D eigenvalue weighted by molar-refractivity contribution is -0.114. The second kappa shape index (κ2) is 8.94. The standard InChI is InChI=1S/C17H15Cl3N2O3/c1-21-17(23)15(22-24-2)12-6-4-3-5-10(12)9-25-16-13(19)7-11(18)8-14(16)20/h3-8H,9H2,1-2H3,(H,21,23)/b22-15+. The SMILES string of the molecule is CNC(=O)/C(=N/OC)c1ccccc1COc1c(Cl)cc(Cl)cc1Cl. The van der Waals surface area contributed by atoms with E-state index in [1.165, 1.54) is 14.2 Å². The Balaban J connectivity index is 2.33. The minimum Gasteiger partial charge on any atom is -0.486 e. The molecule has 132 valence electrons. The molecule has 2 aromatic carbocycles. The van der Waals surface area contributed by atoms with Crippen LogP contribution in [0, 0.1) is 0 Å². The highest BCUT2D eigenvalue weighted by atomic mass is 35.5. The third-order valence-corrected chi connectivity index (χ3v) is 4.01. The fraction of sp³-hybridized carbons (Fsp3) is 0.176. The van der Waals surface area contributed by atoms with Gasteiger partial charge >= 0.3 is 0 Å². The van der Waals surface area contributed by atoms with Gasteiger partial charge in [-0.1, -0.05) is 64.2 Å². The van der Waals surface area contributed by atoms with Gasteiger partial charge in [-0.2, -0.15) is 0 Å². The van der Waals surface area contributed by atoms with Crippen molar-refractivity contribution in [2.75, 3.05) is 14.2 Å². The fourth-order valence-electron chi connectivity index (χ4n) is 2.12. The van der Waals surface area contributed by atoms with Crippen molar-refractivity contribution in [2.24, 2.45) is 5.16 Å². The van der Waals surface area contributed by atoms with Crippen molar-refractivity contribution in [3.8, 4) is 5.75 Å². The molecule has 0 unspecified atom stereocenters. The number of oxime groups is 1. The molecule has 0 saturated heterocycles. The highest BCUT2D eigenvalue weighted by Crippen LogP contribution is 2.36. The Morgan fingerprint density at radius 2 is 1.80 bits per heavy atom. The highest BCUT2D eigenvalue weighted by molar-refractivity contribution is 6.45. The molecule has 0 aliphatic carbocycles. The first kappa shape index (κ1) is 19.4. The maximum absolute atomic E-state index is 12.1. The van der Waals surface area contributed by atoms with Crippen LogP contribution in [0.2, 0.25) is 15.1 Å². The van der Waals surface area contributed by atoms with E-state index in [4.69, 9.17) is 44.4 Å². The summed E-state index contributed by atoms with van der Waals surface area (Å²) in [6.45, 7) is 0.122. The number of likely N-dealkylation sites (N-methyl/N-ethyl adjacent to an activating group) is 1. The number of amides is 1. The molecule has 2 rings (SSSR count). The number of carbonyl (C=O) groups is 1. The molecule has 2 aromatic rings. The van der Waals surface area contributed by atoms with Gasteiger partial charge in [-0.25, -0.2) is 0 Å². The molecule has 0 aliphatic heterocycles. The number of rotatable bonds is 6. The van der Waals surface area contributed by atoms with Gasteiger partial charge in [-0.3, -0.25) is 4.79 Å².